The Morgan fingerprint density at radius 2 is 1.73 bits per heavy atom. The third-order valence-electron chi connectivity index (χ3n) is 2.77. The number of aromatic amines is 1. The van der Waals surface area contributed by atoms with Crippen molar-refractivity contribution in [2.24, 2.45) is 0 Å². The van der Waals surface area contributed by atoms with Crippen molar-refractivity contribution in [1.29, 1.82) is 0 Å². The van der Waals surface area contributed by atoms with Crippen molar-refractivity contribution >= 4 is 23.5 Å². The standard InChI is InChI=1S/C13H15ClN2.C2H2O4/c1-3-4-12-9(2)15-13(16-12)10-5-7-11(14)8-6-10;3-1(4)2(5)6/h5-8H,3-4H2,1-2H3,(H,15,16);(H,3,4)(H,5,6). The third-order valence-corrected chi connectivity index (χ3v) is 3.02. The summed E-state index contributed by atoms with van der Waals surface area (Å²) in [4.78, 5) is 26.1. The third kappa shape index (κ3) is 5.21. The maximum absolute atomic E-state index is 9.10. The Balaban J connectivity index is 0.000000346. The van der Waals surface area contributed by atoms with Crippen LogP contribution < -0.4 is 0 Å². The van der Waals surface area contributed by atoms with Gasteiger partial charge in [0.1, 0.15) is 5.82 Å². The number of carboxylic acid groups (broad SMARTS) is 2. The van der Waals surface area contributed by atoms with Gasteiger partial charge < -0.3 is 15.2 Å². The predicted molar refractivity (Wildman–Crippen MR) is 83.0 cm³/mol. The largest absolute Gasteiger partial charge is 0.473 e. The molecule has 1 heterocycles. The lowest BCUT2D eigenvalue weighted by atomic mass is 10.2. The number of H-pyrrole nitrogens is 1. The maximum Gasteiger partial charge on any atom is 0.414 e. The predicted octanol–water partition coefficient (Wildman–Crippen LogP) is 3.15. The van der Waals surface area contributed by atoms with Crippen LogP contribution in [0.25, 0.3) is 11.4 Å². The average Bonchev–Trinajstić information content (AvgIpc) is 2.82. The number of nitrogens with zero attached hydrogens (tertiary/aromatic N) is 1. The topological polar surface area (TPSA) is 103 Å². The Hall–Kier alpha value is -2.34. The van der Waals surface area contributed by atoms with Crippen LogP contribution in [0, 0.1) is 6.92 Å². The fourth-order valence-electron chi connectivity index (χ4n) is 1.72. The zero-order chi connectivity index (χ0) is 16.7. The fraction of sp³-hybridized carbons (Fsp3) is 0.267. The number of aliphatic carboxylic acids is 2. The number of benzene rings is 1. The number of hydrogen-bond acceptors (Lipinski definition) is 3. The van der Waals surface area contributed by atoms with Crippen LogP contribution in [0.3, 0.4) is 0 Å². The van der Waals surface area contributed by atoms with Gasteiger partial charge in [-0.25, -0.2) is 14.6 Å². The number of imidazole rings is 1. The molecule has 0 aliphatic heterocycles. The summed E-state index contributed by atoms with van der Waals surface area (Å²) < 4.78 is 0. The number of aromatic nitrogens is 2. The van der Waals surface area contributed by atoms with E-state index in [1.54, 1.807) is 0 Å². The van der Waals surface area contributed by atoms with Crippen molar-refractivity contribution in [1.82, 2.24) is 9.97 Å². The van der Waals surface area contributed by atoms with E-state index in [0.717, 1.165) is 40.6 Å². The lowest BCUT2D eigenvalue weighted by Crippen LogP contribution is -2.09. The molecule has 6 nitrogen and oxygen atoms in total. The average molecular weight is 325 g/mol. The molecule has 0 saturated heterocycles. The van der Waals surface area contributed by atoms with Crippen molar-refractivity contribution in [3.63, 3.8) is 0 Å². The van der Waals surface area contributed by atoms with Gasteiger partial charge in [-0.1, -0.05) is 24.9 Å². The van der Waals surface area contributed by atoms with Gasteiger partial charge in [-0.05, 0) is 37.6 Å². The first kappa shape index (κ1) is 17.7. The summed E-state index contributed by atoms with van der Waals surface area (Å²) in [5.74, 6) is -2.72. The van der Waals surface area contributed by atoms with E-state index in [-0.39, 0.29) is 0 Å². The SMILES string of the molecule is CCCc1nc(-c2ccc(Cl)cc2)[nH]c1C.O=C(O)C(=O)O. The first-order valence-corrected chi connectivity index (χ1v) is 7.00. The highest BCUT2D eigenvalue weighted by atomic mass is 35.5. The second-order valence-corrected chi connectivity index (χ2v) is 4.96. The van der Waals surface area contributed by atoms with Gasteiger partial charge in [0.25, 0.3) is 0 Å². The second-order valence-electron chi connectivity index (χ2n) is 4.52. The van der Waals surface area contributed by atoms with Gasteiger partial charge in [-0.15, -0.1) is 0 Å². The van der Waals surface area contributed by atoms with Crippen molar-refractivity contribution in [2.75, 3.05) is 0 Å². The molecule has 1 aromatic heterocycles. The molecule has 2 rings (SSSR count). The Bertz CT molecular complexity index is 638. The van der Waals surface area contributed by atoms with Crippen LogP contribution in [-0.4, -0.2) is 32.1 Å². The molecule has 0 atom stereocenters. The van der Waals surface area contributed by atoms with Crippen LogP contribution in [-0.2, 0) is 16.0 Å². The normalized spacial score (nSPS) is 9.77. The number of aryl methyl sites for hydroxylation is 2. The van der Waals surface area contributed by atoms with E-state index in [2.05, 4.69) is 23.8 Å². The maximum atomic E-state index is 9.10. The summed E-state index contributed by atoms with van der Waals surface area (Å²) in [5, 5.41) is 15.5. The van der Waals surface area contributed by atoms with Gasteiger partial charge in [0.05, 0.1) is 5.69 Å². The molecule has 0 saturated carbocycles. The zero-order valence-electron chi connectivity index (χ0n) is 12.3. The molecule has 3 N–H and O–H groups in total. The molecule has 1 aromatic carbocycles. The molecule has 2 aromatic rings. The number of hydrogen-bond donors (Lipinski definition) is 3. The van der Waals surface area contributed by atoms with E-state index in [0.29, 0.717) is 0 Å². The Morgan fingerprint density at radius 3 is 2.18 bits per heavy atom. The molecule has 22 heavy (non-hydrogen) atoms. The quantitative estimate of drug-likeness (QED) is 0.752. The lowest BCUT2D eigenvalue weighted by molar-refractivity contribution is -0.159. The summed E-state index contributed by atoms with van der Waals surface area (Å²) in [6.07, 6.45) is 2.14. The number of halogens is 1. The van der Waals surface area contributed by atoms with Crippen molar-refractivity contribution in [2.45, 2.75) is 26.7 Å². The van der Waals surface area contributed by atoms with Crippen molar-refractivity contribution < 1.29 is 19.8 Å². The zero-order valence-corrected chi connectivity index (χ0v) is 13.0. The molecular formula is C15H17ClN2O4. The molecule has 118 valence electrons. The highest BCUT2D eigenvalue weighted by Crippen LogP contribution is 2.20. The summed E-state index contributed by atoms with van der Waals surface area (Å²) in [5.41, 5.74) is 3.40. The van der Waals surface area contributed by atoms with Crippen LogP contribution >= 0.6 is 11.6 Å². The molecule has 0 unspecified atom stereocenters. The van der Waals surface area contributed by atoms with E-state index >= 15 is 0 Å². The lowest BCUT2D eigenvalue weighted by Gasteiger charge is -1.96. The molecule has 0 spiro atoms. The first-order chi connectivity index (χ1) is 10.3. The Morgan fingerprint density at radius 1 is 1.18 bits per heavy atom. The molecule has 0 bridgehead atoms. The van der Waals surface area contributed by atoms with E-state index < -0.39 is 11.9 Å². The smallest absolute Gasteiger partial charge is 0.414 e. The van der Waals surface area contributed by atoms with Crippen LogP contribution in [0.5, 0.6) is 0 Å². The van der Waals surface area contributed by atoms with Gasteiger partial charge in [-0.2, -0.15) is 0 Å². The molecule has 0 aliphatic carbocycles. The summed E-state index contributed by atoms with van der Waals surface area (Å²) in [6.45, 7) is 4.23. The van der Waals surface area contributed by atoms with E-state index in [4.69, 9.17) is 31.4 Å². The van der Waals surface area contributed by atoms with Gasteiger partial charge in [-0.3, -0.25) is 0 Å². The summed E-state index contributed by atoms with van der Waals surface area (Å²) >= 11 is 5.85. The van der Waals surface area contributed by atoms with E-state index in [9.17, 15) is 0 Å². The first-order valence-electron chi connectivity index (χ1n) is 6.62. The number of carbonyl (C=O) groups is 2. The van der Waals surface area contributed by atoms with E-state index in [1.807, 2.05) is 24.3 Å². The van der Waals surface area contributed by atoms with Crippen LogP contribution in [0.15, 0.2) is 24.3 Å². The number of nitrogens with one attached hydrogen (secondary N) is 1. The highest BCUT2D eigenvalue weighted by Gasteiger charge is 2.07. The summed E-state index contributed by atoms with van der Waals surface area (Å²) in [6, 6.07) is 7.73. The molecular weight excluding hydrogens is 308 g/mol. The number of carboxylic acids is 2. The van der Waals surface area contributed by atoms with Crippen molar-refractivity contribution in [3.8, 4) is 11.4 Å². The number of rotatable bonds is 3. The highest BCUT2D eigenvalue weighted by molar-refractivity contribution is 6.30. The second kappa shape index (κ2) is 8.19. The van der Waals surface area contributed by atoms with E-state index in [1.165, 1.54) is 0 Å². The van der Waals surface area contributed by atoms with Gasteiger partial charge in [0.15, 0.2) is 0 Å². The molecule has 0 radical (unpaired) electrons. The minimum atomic E-state index is -1.82. The van der Waals surface area contributed by atoms with Crippen LogP contribution in [0.4, 0.5) is 0 Å². The molecule has 0 amide bonds. The molecule has 0 aliphatic rings. The van der Waals surface area contributed by atoms with Gasteiger partial charge >= 0.3 is 11.9 Å². The molecule has 0 fully saturated rings. The Labute approximate surface area is 132 Å². The van der Waals surface area contributed by atoms with Gasteiger partial charge in [0.2, 0.25) is 0 Å². The van der Waals surface area contributed by atoms with Crippen LogP contribution in [0.1, 0.15) is 24.7 Å². The fourth-order valence-corrected chi connectivity index (χ4v) is 1.85. The van der Waals surface area contributed by atoms with Gasteiger partial charge in [0, 0.05) is 16.3 Å². The van der Waals surface area contributed by atoms with Crippen molar-refractivity contribution in [3.05, 3.63) is 40.7 Å². The summed E-state index contributed by atoms with van der Waals surface area (Å²) in [7, 11) is 0. The Kier molecular flexibility index (Phi) is 6.59. The van der Waals surface area contributed by atoms with Crippen LogP contribution in [0.2, 0.25) is 5.02 Å². The molecule has 7 heteroatoms. The minimum absolute atomic E-state index is 0.751. The monoisotopic (exact) mass is 324 g/mol. The minimum Gasteiger partial charge on any atom is -0.473 e.